The molecule has 2 heteroatoms. The molecule has 2 nitrogen and oxygen atoms in total. The first-order valence-corrected chi connectivity index (χ1v) is 7.79. The van der Waals surface area contributed by atoms with Gasteiger partial charge in [-0.1, -0.05) is 44.2 Å². The highest BCUT2D eigenvalue weighted by Gasteiger charge is 2.14. The summed E-state index contributed by atoms with van der Waals surface area (Å²) >= 11 is 0. The van der Waals surface area contributed by atoms with E-state index in [0.29, 0.717) is 5.92 Å². The maximum absolute atomic E-state index is 2.61. The molecule has 0 amide bonds. The van der Waals surface area contributed by atoms with Gasteiger partial charge < -0.3 is 9.80 Å². The summed E-state index contributed by atoms with van der Waals surface area (Å²) in [7, 11) is 0. The van der Waals surface area contributed by atoms with Gasteiger partial charge in [-0.05, 0) is 44.0 Å². The molecule has 1 fully saturated rings. The predicted octanol–water partition coefficient (Wildman–Crippen LogP) is 3.21. The molecule has 1 heterocycles. The molecule has 19 heavy (non-hydrogen) atoms. The van der Waals surface area contributed by atoms with Crippen molar-refractivity contribution in [3.63, 3.8) is 0 Å². The molecular weight excluding hydrogens is 232 g/mol. The summed E-state index contributed by atoms with van der Waals surface area (Å²) in [6.45, 7) is 12.0. The van der Waals surface area contributed by atoms with E-state index in [4.69, 9.17) is 0 Å². The standard InChI is InChI=1S/C17H28N2/c1-3-18(13-14-19-11-7-8-12-19)15-16(2)17-9-5-4-6-10-17/h4-6,9-10,16H,3,7-8,11-15H2,1-2H3. The highest BCUT2D eigenvalue weighted by atomic mass is 15.2. The molecule has 0 aromatic heterocycles. The van der Waals surface area contributed by atoms with Crippen LogP contribution in [0.1, 0.15) is 38.2 Å². The van der Waals surface area contributed by atoms with Gasteiger partial charge in [0.2, 0.25) is 0 Å². The van der Waals surface area contributed by atoms with Gasteiger partial charge in [0.15, 0.2) is 0 Å². The molecule has 106 valence electrons. The van der Waals surface area contributed by atoms with Crippen LogP contribution in [0.4, 0.5) is 0 Å². The van der Waals surface area contributed by atoms with Gasteiger partial charge in [0.05, 0.1) is 0 Å². The van der Waals surface area contributed by atoms with Crippen molar-refractivity contribution < 1.29 is 0 Å². The molecule has 1 atom stereocenters. The highest BCUT2D eigenvalue weighted by molar-refractivity contribution is 5.19. The maximum Gasteiger partial charge on any atom is 0.0109 e. The van der Waals surface area contributed by atoms with Crippen LogP contribution in [0.5, 0.6) is 0 Å². The van der Waals surface area contributed by atoms with Crippen molar-refractivity contribution in [3.8, 4) is 0 Å². The van der Waals surface area contributed by atoms with Gasteiger partial charge in [0.25, 0.3) is 0 Å². The Hall–Kier alpha value is -0.860. The Bertz CT molecular complexity index is 344. The van der Waals surface area contributed by atoms with Crippen molar-refractivity contribution in [3.05, 3.63) is 35.9 Å². The van der Waals surface area contributed by atoms with Gasteiger partial charge in [-0.25, -0.2) is 0 Å². The van der Waals surface area contributed by atoms with E-state index in [0.717, 1.165) is 6.54 Å². The van der Waals surface area contributed by atoms with Crippen LogP contribution in [-0.4, -0.2) is 49.1 Å². The second-order valence-electron chi connectivity index (χ2n) is 5.75. The van der Waals surface area contributed by atoms with E-state index in [2.05, 4.69) is 54.0 Å². The highest BCUT2D eigenvalue weighted by Crippen LogP contribution is 2.16. The predicted molar refractivity (Wildman–Crippen MR) is 82.6 cm³/mol. The van der Waals surface area contributed by atoms with Crippen molar-refractivity contribution in [1.29, 1.82) is 0 Å². The number of nitrogens with zero attached hydrogens (tertiary/aromatic N) is 2. The van der Waals surface area contributed by atoms with Crippen LogP contribution in [0.25, 0.3) is 0 Å². The molecule has 0 aliphatic carbocycles. The summed E-state index contributed by atoms with van der Waals surface area (Å²) in [6.07, 6.45) is 2.79. The second-order valence-corrected chi connectivity index (χ2v) is 5.75. The lowest BCUT2D eigenvalue weighted by molar-refractivity contribution is 0.225. The van der Waals surface area contributed by atoms with E-state index in [-0.39, 0.29) is 0 Å². The number of hydrogen-bond donors (Lipinski definition) is 0. The van der Waals surface area contributed by atoms with Gasteiger partial charge in [-0.2, -0.15) is 0 Å². The molecule has 1 saturated heterocycles. The zero-order chi connectivity index (χ0) is 13.5. The molecule has 0 N–H and O–H groups in total. The normalized spacial score (nSPS) is 18.1. The Balaban J connectivity index is 1.77. The van der Waals surface area contributed by atoms with E-state index in [9.17, 15) is 0 Å². The number of rotatable bonds is 7. The van der Waals surface area contributed by atoms with Crippen LogP contribution >= 0.6 is 0 Å². The van der Waals surface area contributed by atoms with Gasteiger partial charge in [0.1, 0.15) is 0 Å². The fourth-order valence-electron chi connectivity index (χ4n) is 2.94. The molecule has 2 rings (SSSR count). The number of benzene rings is 1. The SMILES string of the molecule is CCN(CCN1CCCC1)CC(C)c1ccccc1. The topological polar surface area (TPSA) is 6.48 Å². The molecule has 0 spiro atoms. The van der Waals surface area contributed by atoms with Gasteiger partial charge >= 0.3 is 0 Å². The summed E-state index contributed by atoms with van der Waals surface area (Å²) in [5.41, 5.74) is 1.46. The lowest BCUT2D eigenvalue weighted by Gasteiger charge is -2.26. The Morgan fingerprint density at radius 2 is 1.84 bits per heavy atom. The van der Waals surface area contributed by atoms with Crippen LogP contribution in [0.15, 0.2) is 30.3 Å². The number of likely N-dealkylation sites (tertiary alicyclic amines) is 1. The summed E-state index contributed by atoms with van der Waals surface area (Å²) in [5.74, 6) is 0.625. The van der Waals surface area contributed by atoms with E-state index in [1.165, 1.54) is 51.1 Å². The van der Waals surface area contributed by atoms with Crippen LogP contribution in [-0.2, 0) is 0 Å². The third kappa shape index (κ3) is 4.63. The zero-order valence-corrected chi connectivity index (χ0v) is 12.5. The Kier molecular flexibility index (Phi) is 5.87. The zero-order valence-electron chi connectivity index (χ0n) is 12.5. The average molecular weight is 260 g/mol. The Labute approximate surface area is 118 Å². The first-order valence-electron chi connectivity index (χ1n) is 7.79. The third-order valence-electron chi connectivity index (χ3n) is 4.28. The molecule has 1 aromatic rings. The molecule has 0 bridgehead atoms. The summed E-state index contributed by atoms with van der Waals surface area (Å²) < 4.78 is 0. The van der Waals surface area contributed by atoms with Gasteiger partial charge in [-0.15, -0.1) is 0 Å². The quantitative estimate of drug-likeness (QED) is 0.743. The van der Waals surface area contributed by atoms with Crippen LogP contribution in [0, 0.1) is 0 Å². The largest absolute Gasteiger partial charge is 0.302 e. The third-order valence-corrected chi connectivity index (χ3v) is 4.28. The summed E-state index contributed by atoms with van der Waals surface area (Å²) in [4.78, 5) is 5.20. The van der Waals surface area contributed by atoms with Crippen molar-refractivity contribution in [2.45, 2.75) is 32.6 Å². The molecule has 1 unspecified atom stereocenters. The average Bonchev–Trinajstić information content (AvgIpc) is 2.97. The first-order chi connectivity index (χ1) is 9.29. The second kappa shape index (κ2) is 7.66. The Morgan fingerprint density at radius 3 is 2.47 bits per heavy atom. The summed E-state index contributed by atoms with van der Waals surface area (Å²) in [5, 5.41) is 0. The number of likely N-dealkylation sites (N-methyl/N-ethyl adjacent to an activating group) is 1. The minimum atomic E-state index is 0.625. The van der Waals surface area contributed by atoms with E-state index in [1.54, 1.807) is 0 Å². The molecule has 1 aromatic carbocycles. The molecule has 1 aliphatic rings. The van der Waals surface area contributed by atoms with Crippen molar-refractivity contribution in [2.75, 3.05) is 39.3 Å². The van der Waals surface area contributed by atoms with Crippen molar-refractivity contribution in [1.82, 2.24) is 9.80 Å². The maximum atomic E-state index is 2.61. The van der Waals surface area contributed by atoms with Crippen molar-refractivity contribution >= 4 is 0 Å². The minimum Gasteiger partial charge on any atom is -0.302 e. The van der Waals surface area contributed by atoms with Gasteiger partial charge in [0, 0.05) is 19.6 Å². The van der Waals surface area contributed by atoms with Gasteiger partial charge in [-0.3, -0.25) is 0 Å². The van der Waals surface area contributed by atoms with Crippen LogP contribution < -0.4 is 0 Å². The lowest BCUT2D eigenvalue weighted by atomic mass is 10.0. The molecular formula is C17H28N2. The fourth-order valence-corrected chi connectivity index (χ4v) is 2.94. The lowest BCUT2D eigenvalue weighted by Crippen LogP contribution is -2.35. The monoisotopic (exact) mass is 260 g/mol. The van der Waals surface area contributed by atoms with Crippen LogP contribution in [0.3, 0.4) is 0 Å². The summed E-state index contributed by atoms with van der Waals surface area (Å²) in [6, 6.07) is 10.9. The smallest absolute Gasteiger partial charge is 0.0109 e. The van der Waals surface area contributed by atoms with Crippen molar-refractivity contribution in [2.24, 2.45) is 0 Å². The Morgan fingerprint density at radius 1 is 1.16 bits per heavy atom. The van der Waals surface area contributed by atoms with E-state index in [1.807, 2.05) is 0 Å². The minimum absolute atomic E-state index is 0.625. The first kappa shape index (κ1) is 14.5. The molecule has 0 radical (unpaired) electrons. The number of hydrogen-bond acceptors (Lipinski definition) is 2. The van der Waals surface area contributed by atoms with Crippen LogP contribution in [0.2, 0.25) is 0 Å². The van der Waals surface area contributed by atoms with E-state index < -0.39 is 0 Å². The molecule has 1 aliphatic heterocycles. The van der Waals surface area contributed by atoms with E-state index >= 15 is 0 Å². The fraction of sp³-hybridized carbons (Fsp3) is 0.647. The molecule has 0 saturated carbocycles.